The van der Waals surface area contributed by atoms with Crippen LogP contribution in [0.3, 0.4) is 0 Å². The highest BCUT2D eigenvalue weighted by Gasteiger charge is 2.27. The fourth-order valence-electron chi connectivity index (χ4n) is 6.02. The molecule has 0 bridgehead atoms. The van der Waals surface area contributed by atoms with Gasteiger partial charge in [0.15, 0.2) is 5.78 Å². The molecular weight excluding hydrogens is 496 g/mol. The van der Waals surface area contributed by atoms with Crippen molar-refractivity contribution in [2.75, 3.05) is 31.5 Å². The van der Waals surface area contributed by atoms with Gasteiger partial charge in [0, 0.05) is 68.6 Å². The van der Waals surface area contributed by atoms with Gasteiger partial charge in [0.2, 0.25) is 5.95 Å². The van der Waals surface area contributed by atoms with Crippen LogP contribution in [-0.4, -0.2) is 66.9 Å². The first-order valence-electron chi connectivity index (χ1n) is 13.5. The lowest BCUT2D eigenvalue weighted by Crippen LogP contribution is -2.46. The summed E-state index contributed by atoms with van der Waals surface area (Å²) >= 11 is 0. The van der Waals surface area contributed by atoms with E-state index in [1.54, 1.807) is 23.9 Å². The maximum absolute atomic E-state index is 13.5. The van der Waals surface area contributed by atoms with Crippen LogP contribution >= 0.6 is 0 Å². The molecule has 1 amide bonds. The third-order valence-corrected chi connectivity index (χ3v) is 8.02. The van der Waals surface area contributed by atoms with Gasteiger partial charge in [0.25, 0.3) is 11.5 Å². The molecule has 2 fully saturated rings. The number of ketones is 1. The Hall–Kier alpha value is -4.12. The lowest BCUT2D eigenvalue weighted by Gasteiger charge is -2.27. The molecule has 0 atom stereocenters. The van der Waals surface area contributed by atoms with E-state index in [-0.39, 0.29) is 28.9 Å². The predicted molar refractivity (Wildman–Crippen MR) is 149 cm³/mol. The van der Waals surface area contributed by atoms with Crippen LogP contribution in [0.1, 0.15) is 64.9 Å². The summed E-state index contributed by atoms with van der Waals surface area (Å²) in [6.07, 6.45) is 8.99. The second-order valence-corrected chi connectivity index (χ2v) is 10.5. The normalized spacial score (nSPS) is 16.3. The molecule has 4 aromatic heterocycles. The van der Waals surface area contributed by atoms with Crippen LogP contribution < -0.4 is 16.2 Å². The summed E-state index contributed by atoms with van der Waals surface area (Å²) in [7, 11) is 1.91. The standard InChI is InChI=1S/C28H32N8O3/c1-16-20-14-31-28(33-25(20)36(18-6-4-5-7-18)27(39)22(16)17(2)37)32-24-19-8-11-34(3)23(19)21(15-30-24)26(38)35-12-9-29-10-13-35/h8,11,14-15,18,29H,4-7,9-10,12-13H2,1-3H3,(H,30,31,32,33). The minimum Gasteiger partial charge on any atom is -0.350 e. The zero-order valence-corrected chi connectivity index (χ0v) is 22.5. The van der Waals surface area contributed by atoms with Gasteiger partial charge in [0.1, 0.15) is 11.5 Å². The quantitative estimate of drug-likeness (QED) is 0.379. The molecule has 1 aliphatic heterocycles. The van der Waals surface area contributed by atoms with Gasteiger partial charge in [0.05, 0.1) is 16.6 Å². The second kappa shape index (κ2) is 9.88. The number of amides is 1. The first-order valence-corrected chi connectivity index (χ1v) is 13.5. The number of hydrogen-bond acceptors (Lipinski definition) is 8. The van der Waals surface area contributed by atoms with Gasteiger partial charge in [-0.05, 0) is 38.3 Å². The summed E-state index contributed by atoms with van der Waals surface area (Å²) in [4.78, 5) is 55.0. The molecule has 1 saturated heterocycles. The van der Waals surface area contributed by atoms with E-state index >= 15 is 0 Å². The monoisotopic (exact) mass is 528 g/mol. The maximum atomic E-state index is 13.5. The Morgan fingerprint density at radius 3 is 2.54 bits per heavy atom. The highest BCUT2D eigenvalue weighted by molar-refractivity contribution is 6.08. The summed E-state index contributed by atoms with van der Waals surface area (Å²) in [6, 6.07) is 1.91. The van der Waals surface area contributed by atoms with E-state index < -0.39 is 0 Å². The minimum atomic E-state index is -0.289. The van der Waals surface area contributed by atoms with Crippen LogP contribution in [-0.2, 0) is 7.05 Å². The molecule has 1 aliphatic carbocycles. The van der Waals surface area contributed by atoms with Gasteiger partial charge in [-0.25, -0.2) is 9.97 Å². The number of fused-ring (bicyclic) bond motifs is 2. The summed E-state index contributed by atoms with van der Waals surface area (Å²) in [5.41, 5.74) is 2.36. The lowest BCUT2D eigenvalue weighted by atomic mass is 10.0. The molecular formula is C28H32N8O3. The summed E-state index contributed by atoms with van der Waals surface area (Å²) < 4.78 is 3.61. The number of piperazine rings is 1. The zero-order chi connectivity index (χ0) is 27.3. The van der Waals surface area contributed by atoms with Crippen molar-refractivity contribution >= 4 is 45.4 Å². The van der Waals surface area contributed by atoms with Gasteiger partial charge in [-0.2, -0.15) is 4.98 Å². The van der Waals surface area contributed by atoms with Gasteiger partial charge < -0.3 is 20.1 Å². The van der Waals surface area contributed by atoms with E-state index in [1.807, 2.05) is 28.8 Å². The van der Waals surface area contributed by atoms with E-state index in [1.165, 1.54) is 6.92 Å². The minimum absolute atomic E-state index is 0.00399. The van der Waals surface area contributed by atoms with Crippen LogP contribution in [0.5, 0.6) is 0 Å². The molecule has 11 nitrogen and oxygen atoms in total. The van der Waals surface area contributed by atoms with Crippen LogP contribution in [0, 0.1) is 6.92 Å². The average Bonchev–Trinajstić information content (AvgIpc) is 3.60. The smallest absolute Gasteiger partial charge is 0.263 e. The number of carbonyl (C=O) groups excluding carboxylic acids is 2. The molecule has 202 valence electrons. The second-order valence-electron chi connectivity index (χ2n) is 10.5. The molecule has 0 spiro atoms. The molecule has 6 rings (SSSR count). The van der Waals surface area contributed by atoms with Crippen LogP contribution in [0.15, 0.2) is 29.5 Å². The number of nitrogens with one attached hydrogen (secondary N) is 2. The fraction of sp³-hybridized carbons (Fsp3) is 0.429. The Labute approximate surface area is 225 Å². The Morgan fingerprint density at radius 2 is 1.82 bits per heavy atom. The molecule has 4 aromatic rings. The fourth-order valence-corrected chi connectivity index (χ4v) is 6.02. The zero-order valence-electron chi connectivity index (χ0n) is 22.5. The number of anilines is 2. The molecule has 0 aromatic carbocycles. The molecule has 2 aliphatic rings. The van der Waals surface area contributed by atoms with E-state index in [0.29, 0.717) is 47.0 Å². The number of rotatable bonds is 5. The Morgan fingerprint density at radius 1 is 1.08 bits per heavy atom. The molecule has 11 heteroatoms. The van der Waals surface area contributed by atoms with Crippen LogP contribution in [0.2, 0.25) is 0 Å². The Balaban J connectivity index is 1.43. The van der Waals surface area contributed by atoms with Gasteiger partial charge in [-0.15, -0.1) is 0 Å². The first kappa shape index (κ1) is 25.2. The van der Waals surface area contributed by atoms with E-state index in [9.17, 15) is 14.4 Å². The van der Waals surface area contributed by atoms with Gasteiger partial charge in [-0.3, -0.25) is 19.0 Å². The maximum Gasteiger partial charge on any atom is 0.263 e. The predicted octanol–water partition coefficient (Wildman–Crippen LogP) is 3.09. The van der Waals surface area contributed by atoms with Crippen molar-refractivity contribution in [2.45, 2.75) is 45.6 Å². The van der Waals surface area contributed by atoms with Crippen LogP contribution in [0.25, 0.3) is 21.9 Å². The number of aromatic nitrogens is 5. The number of hydrogen-bond donors (Lipinski definition) is 2. The lowest BCUT2D eigenvalue weighted by molar-refractivity contribution is 0.0737. The number of pyridine rings is 2. The van der Waals surface area contributed by atoms with Crippen LogP contribution in [0.4, 0.5) is 11.8 Å². The van der Waals surface area contributed by atoms with Crippen molar-refractivity contribution in [2.24, 2.45) is 7.05 Å². The van der Waals surface area contributed by atoms with E-state index in [0.717, 1.165) is 49.7 Å². The largest absolute Gasteiger partial charge is 0.350 e. The van der Waals surface area contributed by atoms with Crippen molar-refractivity contribution in [1.82, 2.24) is 34.3 Å². The Bertz CT molecular complexity index is 1680. The third kappa shape index (κ3) is 4.26. The topological polar surface area (TPSA) is 127 Å². The molecule has 5 heterocycles. The van der Waals surface area contributed by atoms with Crippen molar-refractivity contribution in [3.8, 4) is 0 Å². The average molecular weight is 529 g/mol. The van der Waals surface area contributed by atoms with Crippen molar-refractivity contribution < 1.29 is 9.59 Å². The number of Topliss-reactive ketones (excluding diaryl/α,β-unsaturated/α-hetero) is 1. The van der Waals surface area contributed by atoms with Crippen molar-refractivity contribution in [1.29, 1.82) is 0 Å². The van der Waals surface area contributed by atoms with E-state index in [2.05, 4.69) is 20.6 Å². The summed E-state index contributed by atoms with van der Waals surface area (Å²) in [5, 5.41) is 7.97. The highest BCUT2D eigenvalue weighted by Crippen LogP contribution is 2.33. The van der Waals surface area contributed by atoms with Gasteiger partial charge in [-0.1, -0.05) is 12.8 Å². The highest BCUT2D eigenvalue weighted by atomic mass is 16.2. The molecule has 2 N–H and O–H groups in total. The number of nitrogens with zero attached hydrogens (tertiary/aromatic N) is 6. The van der Waals surface area contributed by atoms with E-state index in [4.69, 9.17) is 4.98 Å². The van der Waals surface area contributed by atoms with Gasteiger partial charge >= 0.3 is 0 Å². The third-order valence-electron chi connectivity index (χ3n) is 8.02. The van der Waals surface area contributed by atoms with Crippen molar-refractivity contribution in [3.63, 3.8) is 0 Å². The molecule has 1 saturated carbocycles. The molecule has 0 radical (unpaired) electrons. The summed E-state index contributed by atoms with van der Waals surface area (Å²) in [6.45, 7) is 6.06. The SMILES string of the molecule is CC(=O)c1c(C)c2cnc(Nc3ncc(C(=O)N4CCNCC4)c4c3ccn4C)nc2n(C2CCCC2)c1=O. The summed E-state index contributed by atoms with van der Waals surface area (Å²) in [5.74, 6) is 0.525. The molecule has 0 unspecified atom stereocenters. The Kier molecular flexibility index (Phi) is 6.38. The van der Waals surface area contributed by atoms with Crippen molar-refractivity contribution in [3.05, 3.63) is 51.7 Å². The first-order chi connectivity index (χ1) is 18.8. The number of carbonyl (C=O) groups is 2. The molecule has 39 heavy (non-hydrogen) atoms. The number of aryl methyl sites for hydroxylation is 2.